The van der Waals surface area contributed by atoms with Crippen molar-refractivity contribution in [3.63, 3.8) is 0 Å². The minimum Gasteiger partial charge on any atom is -0.478 e. The van der Waals surface area contributed by atoms with Crippen molar-refractivity contribution in [1.29, 1.82) is 0 Å². The van der Waals surface area contributed by atoms with Crippen LogP contribution in [0.3, 0.4) is 0 Å². The molecular weight excluding hydrogens is 390 g/mol. The number of carbonyl (C=O) groups is 2. The number of rotatable bonds is 5. The summed E-state index contributed by atoms with van der Waals surface area (Å²) in [5, 5.41) is 13.0. The molecule has 0 radical (unpaired) electrons. The molecule has 3 rings (SSSR count). The third kappa shape index (κ3) is 7.18. The molecule has 1 heterocycles. The molecule has 1 aliphatic heterocycles. The zero-order valence-electron chi connectivity index (χ0n) is 17.1. The number of hydrogen-bond donors (Lipinski definition) is 2. The van der Waals surface area contributed by atoms with Gasteiger partial charge in [-0.2, -0.15) is 0 Å². The van der Waals surface area contributed by atoms with Crippen molar-refractivity contribution in [2.75, 3.05) is 6.54 Å². The van der Waals surface area contributed by atoms with E-state index in [4.69, 9.17) is 21.4 Å². The summed E-state index contributed by atoms with van der Waals surface area (Å²) < 4.78 is 5.39. The number of carboxylic acids is 1. The summed E-state index contributed by atoms with van der Waals surface area (Å²) in [7, 11) is 0. The number of aliphatic carboxylic acids is 1. The normalized spacial score (nSPS) is 16.3. The molecule has 1 fully saturated rings. The van der Waals surface area contributed by atoms with Crippen LogP contribution in [0.25, 0.3) is 0 Å². The largest absolute Gasteiger partial charge is 0.478 e. The molecule has 0 amide bonds. The topological polar surface area (TPSA) is 75.6 Å². The van der Waals surface area contributed by atoms with Crippen LogP contribution in [0, 0.1) is 0 Å². The number of carboxylic acid groups (broad SMARTS) is 1. The molecule has 0 spiro atoms. The summed E-state index contributed by atoms with van der Waals surface area (Å²) in [6, 6.07) is 13.8. The van der Waals surface area contributed by atoms with Crippen LogP contribution >= 0.6 is 11.6 Å². The predicted molar refractivity (Wildman–Crippen MR) is 115 cm³/mol. The SMILES string of the molecule is CC(C)(Oc1ccc(C(=O)c2ccc(Cl)cc2)cc1)C(=O)O.CC1CCCCN1. The van der Waals surface area contributed by atoms with E-state index in [9.17, 15) is 9.59 Å². The minimum atomic E-state index is -1.33. The van der Waals surface area contributed by atoms with Gasteiger partial charge in [0.05, 0.1) is 0 Å². The molecule has 1 aliphatic rings. The fourth-order valence-electron chi connectivity index (χ4n) is 2.81. The van der Waals surface area contributed by atoms with E-state index in [0.717, 1.165) is 6.04 Å². The molecule has 0 aromatic heterocycles. The first-order valence-corrected chi connectivity index (χ1v) is 10.1. The fourth-order valence-corrected chi connectivity index (χ4v) is 2.93. The molecule has 0 saturated carbocycles. The number of hydrogen-bond acceptors (Lipinski definition) is 4. The highest BCUT2D eigenvalue weighted by molar-refractivity contribution is 6.30. The number of ketones is 1. The van der Waals surface area contributed by atoms with Crippen molar-refractivity contribution < 1.29 is 19.4 Å². The zero-order chi connectivity index (χ0) is 21.4. The van der Waals surface area contributed by atoms with Crippen molar-refractivity contribution >= 4 is 23.4 Å². The summed E-state index contributed by atoms with van der Waals surface area (Å²) in [6.45, 7) is 6.41. The van der Waals surface area contributed by atoms with Gasteiger partial charge in [0.1, 0.15) is 5.75 Å². The number of halogens is 1. The van der Waals surface area contributed by atoms with Crippen LogP contribution in [0.5, 0.6) is 5.75 Å². The molecule has 156 valence electrons. The molecule has 5 nitrogen and oxygen atoms in total. The highest BCUT2D eigenvalue weighted by atomic mass is 35.5. The minimum absolute atomic E-state index is 0.138. The Morgan fingerprint density at radius 2 is 1.59 bits per heavy atom. The monoisotopic (exact) mass is 417 g/mol. The standard InChI is InChI=1S/C17H15ClO4.C6H13N/c1-17(2,16(20)21)22-14-9-5-12(6-10-14)15(19)11-3-7-13(18)8-4-11;1-6-4-2-3-5-7-6/h3-10H,1-2H3,(H,20,21);6-7H,2-5H2,1H3. The summed E-state index contributed by atoms with van der Waals surface area (Å²) in [5.74, 6) is -0.811. The van der Waals surface area contributed by atoms with Crippen molar-refractivity contribution in [3.8, 4) is 5.75 Å². The second-order valence-electron chi connectivity index (χ2n) is 7.63. The van der Waals surface area contributed by atoms with Gasteiger partial charge >= 0.3 is 5.97 Å². The number of benzene rings is 2. The van der Waals surface area contributed by atoms with Crippen molar-refractivity contribution in [2.24, 2.45) is 0 Å². The number of carbonyl (C=O) groups excluding carboxylic acids is 1. The van der Waals surface area contributed by atoms with Gasteiger partial charge in [0.2, 0.25) is 0 Å². The Balaban J connectivity index is 0.000000360. The molecule has 0 bridgehead atoms. The van der Waals surface area contributed by atoms with Crippen LogP contribution in [0.2, 0.25) is 5.02 Å². The number of piperidine rings is 1. The molecule has 2 aromatic rings. The van der Waals surface area contributed by atoms with Gasteiger partial charge < -0.3 is 15.2 Å². The average Bonchev–Trinajstić information content (AvgIpc) is 2.69. The summed E-state index contributed by atoms with van der Waals surface area (Å²) in [4.78, 5) is 23.3. The fraction of sp³-hybridized carbons (Fsp3) is 0.391. The second-order valence-corrected chi connectivity index (χ2v) is 8.07. The summed E-state index contributed by atoms with van der Waals surface area (Å²) >= 11 is 5.79. The first kappa shape index (κ1) is 22.9. The zero-order valence-corrected chi connectivity index (χ0v) is 17.8. The quantitative estimate of drug-likeness (QED) is 0.672. The van der Waals surface area contributed by atoms with Crippen LogP contribution in [0.1, 0.15) is 56.0 Å². The van der Waals surface area contributed by atoms with Gasteiger partial charge in [0, 0.05) is 22.2 Å². The van der Waals surface area contributed by atoms with E-state index in [0.29, 0.717) is 21.9 Å². The number of nitrogens with one attached hydrogen (secondary N) is 1. The molecule has 2 N–H and O–H groups in total. The molecule has 29 heavy (non-hydrogen) atoms. The molecule has 6 heteroatoms. The highest BCUT2D eigenvalue weighted by Gasteiger charge is 2.29. The van der Waals surface area contributed by atoms with Gasteiger partial charge in [-0.3, -0.25) is 4.79 Å². The Morgan fingerprint density at radius 1 is 1.03 bits per heavy atom. The van der Waals surface area contributed by atoms with Gasteiger partial charge in [-0.05, 0) is 88.7 Å². The van der Waals surface area contributed by atoms with Gasteiger partial charge in [-0.1, -0.05) is 18.0 Å². The van der Waals surface area contributed by atoms with E-state index in [1.165, 1.54) is 39.7 Å². The van der Waals surface area contributed by atoms with Crippen molar-refractivity contribution in [2.45, 2.75) is 51.7 Å². The maximum Gasteiger partial charge on any atom is 0.347 e. The smallest absolute Gasteiger partial charge is 0.347 e. The van der Waals surface area contributed by atoms with Crippen LogP contribution in [0.15, 0.2) is 48.5 Å². The lowest BCUT2D eigenvalue weighted by Crippen LogP contribution is -2.37. The van der Waals surface area contributed by atoms with Gasteiger partial charge in [-0.25, -0.2) is 4.79 Å². The summed E-state index contributed by atoms with van der Waals surface area (Å²) in [6.07, 6.45) is 4.18. The van der Waals surface area contributed by atoms with Gasteiger partial charge in [-0.15, -0.1) is 0 Å². The maximum absolute atomic E-state index is 12.3. The van der Waals surface area contributed by atoms with E-state index in [-0.39, 0.29) is 5.78 Å². The highest BCUT2D eigenvalue weighted by Crippen LogP contribution is 2.21. The number of ether oxygens (including phenoxy) is 1. The van der Waals surface area contributed by atoms with Gasteiger partial charge in [0.25, 0.3) is 0 Å². The lowest BCUT2D eigenvalue weighted by molar-refractivity contribution is -0.152. The molecule has 0 aliphatic carbocycles. The van der Waals surface area contributed by atoms with Crippen LogP contribution in [-0.2, 0) is 4.79 Å². The Kier molecular flexibility index (Phi) is 8.23. The van der Waals surface area contributed by atoms with E-state index < -0.39 is 11.6 Å². The Labute approximate surface area is 177 Å². The van der Waals surface area contributed by atoms with Gasteiger partial charge in [0.15, 0.2) is 11.4 Å². The lowest BCUT2D eigenvalue weighted by Gasteiger charge is -2.21. The second kappa shape index (κ2) is 10.4. The molecule has 1 saturated heterocycles. The Morgan fingerprint density at radius 3 is 2.00 bits per heavy atom. The molecule has 2 aromatic carbocycles. The Bertz CT molecular complexity index is 810. The first-order chi connectivity index (χ1) is 13.7. The third-order valence-corrected chi connectivity index (χ3v) is 4.92. The molecular formula is C23H28ClNO4. The van der Waals surface area contributed by atoms with Crippen LogP contribution in [0.4, 0.5) is 0 Å². The van der Waals surface area contributed by atoms with Crippen LogP contribution in [-0.4, -0.2) is 35.0 Å². The molecule has 1 atom stereocenters. The lowest BCUT2D eigenvalue weighted by atomic mass is 10.0. The predicted octanol–water partition coefficient (Wildman–Crippen LogP) is 4.96. The van der Waals surface area contributed by atoms with Crippen molar-refractivity contribution in [3.05, 3.63) is 64.7 Å². The first-order valence-electron chi connectivity index (χ1n) is 9.75. The summed E-state index contributed by atoms with van der Waals surface area (Å²) in [5.41, 5.74) is -0.312. The van der Waals surface area contributed by atoms with Crippen LogP contribution < -0.4 is 10.1 Å². The average molecular weight is 418 g/mol. The molecule has 1 unspecified atom stereocenters. The van der Waals surface area contributed by atoms with E-state index in [1.807, 2.05) is 0 Å². The van der Waals surface area contributed by atoms with E-state index >= 15 is 0 Å². The van der Waals surface area contributed by atoms with Crippen molar-refractivity contribution in [1.82, 2.24) is 5.32 Å². The van der Waals surface area contributed by atoms with E-state index in [2.05, 4.69) is 12.2 Å². The third-order valence-electron chi connectivity index (χ3n) is 4.67. The maximum atomic E-state index is 12.3. The van der Waals surface area contributed by atoms with E-state index in [1.54, 1.807) is 48.5 Å². The Hall–Kier alpha value is -2.37.